The molecule has 2 aromatic rings. The van der Waals surface area contributed by atoms with Crippen LogP contribution in [-0.2, 0) is 22.6 Å². The number of amides is 2. The van der Waals surface area contributed by atoms with Gasteiger partial charge in [-0.1, -0.05) is 48.0 Å². The van der Waals surface area contributed by atoms with Crippen molar-refractivity contribution in [2.45, 2.75) is 19.4 Å². The van der Waals surface area contributed by atoms with E-state index in [-0.39, 0.29) is 35.7 Å². The zero-order valence-corrected chi connectivity index (χ0v) is 15.0. The number of halogens is 2. The first kappa shape index (κ1) is 18.4. The maximum absolute atomic E-state index is 13.1. The summed E-state index contributed by atoms with van der Waals surface area (Å²) in [5.74, 6) is -0.958. The van der Waals surface area contributed by atoms with Gasteiger partial charge in [0.1, 0.15) is 5.82 Å². The Morgan fingerprint density at radius 1 is 1.23 bits per heavy atom. The highest BCUT2D eigenvalue weighted by Gasteiger charge is 2.33. The minimum Gasteiger partial charge on any atom is -0.352 e. The Bertz CT molecular complexity index is 798. The Hall–Kier alpha value is -2.40. The summed E-state index contributed by atoms with van der Waals surface area (Å²) in [6.07, 6.45) is 0.990. The summed E-state index contributed by atoms with van der Waals surface area (Å²) in [6.45, 7) is 1.25. The molecule has 26 heavy (non-hydrogen) atoms. The molecule has 0 bridgehead atoms. The molecular weight excluding hydrogens is 355 g/mol. The van der Waals surface area contributed by atoms with Crippen LogP contribution in [0.5, 0.6) is 0 Å². The maximum atomic E-state index is 13.1. The lowest BCUT2D eigenvalue weighted by Crippen LogP contribution is -2.33. The molecule has 1 aliphatic heterocycles. The Balaban J connectivity index is 1.50. The van der Waals surface area contributed by atoms with E-state index in [1.807, 2.05) is 30.3 Å². The molecule has 4 nitrogen and oxygen atoms in total. The molecule has 0 saturated carbocycles. The highest BCUT2D eigenvalue weighted by Crippen LogP contribution is 2.20. The molecular formula is C20H20ClFN2O2. The second kappa shape index (κ2) is 8.32. The standard InChI is InChI=1S/C20H20ClFN2O2/c21-18-11-17(22)7-6-15(18)12-23-20(26)16-10-19(25)24(13-16)9-8-14-4-2-1-3-5-14/h1-7,11,16H,8-10,12-13H2,(H,23,26). The molecule has 2 aromatic carbocycles. The molecule has 0 aromatic heterocycles. The van der Waals surface area contributed by atoms with E-state index >= 15 is 0 Å². The predicted octanol–water partition coefficient (Wildman–Crippen LogP) is 3.19. The van der Waals surface area contributed by atoms with Crippen LogP contribution in [-0.4, -0.2) is 29.8 Å². The molecule has 3 rings (SSSR count). The van der Waals surface area contributed by atoms with Crippen molar-refractivity contribution in [2.75, 3.05) is 13.1 Å². The number of carbonyl (C=O) groups excluding carboxylic acids is 2. The number of nitrogens with one attached hydrogen (secondary N) is 1. The van der Waals surface area contributed by atoms with Gasteiger partial charge in [0.05, 0.1) is 5.92 Å². The third kappa shape index (κ3) is 4.61. The number of carbonyl (C=O) groups is 2. The van der Waals surface area contributed by atoms with Gasteiger partial charge in [-0.15, -0.1) is 0 Å². The molecule has 0 aliphatic carbocycles. The minimum absolute atomic E-state index is 0.000829. The van der Waals surface area contributed by atoms with Gasteiger partial charge in [-0.2, -0.15) is 0 Å². The fourth-order valence-corrected chi connectivity index (χ4v) is 3.30. The third-order valence-electron chi connectivity index (χ3n) is 4.57. The van der Waals surface area contributed by atoms with Gasteiger partial charge < -0.3 is 10.2 Å². The lowest BCUT2D eigenvalue weighted by molar-refractivity contribution is -0.129. The Morgan fingerprint density at radius 2 is 2.00 bits per heavy atom. The summed E-state index contributed by atoms with van der Waals surface area (Å²) in [4.78, 5) is 26.3. The Morgan fingerprint density at radius 3 is 2.73 bits per heavy atom. The van der Waals surface area contributed by atoms with Crippen LogP contribution in [0.1, 0.15) is 17.5 Å². The minimum atomic E-state index is -0.416. The lowest BCUT2D eigenvalue weighted by atomic mass is 10.1. The van der Waals surface area contributed by atoms with E-state index in [9.17, 15) is 14.0 Å². The predicted molar refractivity (Wildman–Crippen MR) is 98.1 cm³/mol. The third-order valence-corrected chi connectivity index (χ3v) is 4.92. The van der Waals surface area contributed by atoms with E-state index in [1.54, 1.807) is 11.0 Å². The zero-order chi connectivity index (χ0) is 18.5. The van der Waals surface area contributed by atoms with Gasteiger partial charge in [0.15, 0.2) is 0 Å². The first-order valence-corrected chi connectivity index (χ1v) is 8.94. The van der Waals surface area contributed by atoms with Crippen LogP contribution in [0.15, 0.2) is 48.5 Å². The number of hydrogen-bond donors (Lipinski definition) is 1. The van der Waals surface area contributed by atoms with Crippen molar-refractivity contribution in [3.8, 4) is 0 Å². The Kier molecular flexibility index (Phi) is 5.89. The monoisotopic (exact) mass is 374 g/mol. The van der Waals surface area contributed by atoms with Crippen LogP contribution in [0.25, 0.3) is 0 Å². The largest absolute Gasteiger partial charge is 0.352 e. The summed E-state index contributed by atoms with van der Waals surface area (Å²) in [5.41, 5.74) is 1.81. The summed E-state index contributed by atoms with van der Waals surface area (Å²) in [7, 11) is 0. The maximum Gasteiger partial charge on any atom is 0.225 e. The van der Waals surface area contributed by atoms with Crippen LogP contribution in [0.3, 0.4) is 0 Å². The molecule has 1 N–H and O–H groups in total. The molecule has 1 atom stereocenters. The van der Waals surface area contributed by atoms with Crippen LogP contribution >= 0.6 is 11.6 Å². The zero-order valence-electron chi connectivity index (χ0n) is 14.3. The van der Waals surface area contributed by atoms with E-state index in [2.05, 4.69) is 5.32 Å². The van der Waals surface area contributed by atoms with E-state index in [4.69, 9.17) is 11.6 Å². The highest BCUT2D eigenvalue weighted by molar-refractivity contribution is 6.31. The summed E-state index contributed by atoms with van der Waals surface area (Å²) in [5, 5.41) is 3.07. The fourth-order valence-electron chi connectivity index (χ4n) is 3.06. The molecule has 0 radical (unpaired) electrons. The summed E-state index contributed by atoms with van der Waals surface area (Å²) in [6, 6.07) is 14.0. The number of nitrogens with zero attached hydrogens (tertiary/aromatic N) is 1. The average Bonchev–Trinajstić information content (AvgIpc) is 3.01. The average molecular weight is 375 g/mol. The van der Waals surface area contributed by atoms with Gasteiger partial charge in [0, 0.05) is 31.1 Å². The van der Waals surface area contributed by atoms with Crippen molar-refractivity contribution in [2.24, 2.45) is 5.92 Å². The SMILES string of the molecule is O=C(NCc1ccc(F)cc1Cl)C1CC(=O)N(CCc2ccccc2)C1. The molecule has 1 aliphatic rings. The molecule has 2 amide bonds. The van der Waals surface area contributed by atoms with Crippen LogP contribution < -0.4 is 5.32 Å². The molecule has 136 valence electrons. The van der Waals surface area contributed by atoms with Gasteiger partial charge in [0.2, 0.25) is 11.8 Å². The fraction of sp³-hybridized carbons (Fsp3) is 0.300. The molecule has 1 saturated heterocycles. The van der Waals surface area contributed by atoms with Crippen molar-refractivity contribution < 1.29 is 14.0 Å². The van der Waals surface area contributed by atoms with Crippen LogP contribution in [0.4, 0.5) is 4.39 Å². The molecule has 1 fully saturated rings. The smallest absolute Gasteiger partial charge is 0.225 e. The Labute approximate surface area is 157 Å². The second-order valence-electron chi connectivity index (χ2n) is 6.43. The lowest BCUT2D eigenvalue weighted by Gasteiger charge is -2.16. The number of likely N-dealkylation sites (tertiary alicyclic amines) is 1. The van der Waals surface area contributed by atoms with Crippen molar-refractivity contribution in [3.05, 3.63) is 70.5 Å². The topological polar surface area (TPSA) is 49.4 Å². The second-order valence-corrected chi connectivity index (χ2v) is 6.84. The first-order valence-electron chi connectivity index (χ1n) is 8.56. The van der Waals surface area contributed by atoms with Gasteiger partial charge >= 0.3 is 0 Å². The van der Waals surface area contributed by atoms with Gasteiger partial charge in [-0.3, -0.25) is 9.59 Å². The van der Waals surface area contributed by atoms with Gasteiger partial charge in [-0.25, -0.2) is 4.39 Å². The number of rotatable bonds is 6. The summed E-state index contributed by atoms with van der Waals surface area (Å²) >= 11 is 5.96. The molecule has 0 spiro atoms. The van der Waals surface area contributed by atoms with E-state index in [0.29, 0.717) is 18.7 Å². The van der Waals surface area contributed by atoms with Crippen LogP contribution in [0, 0.1) is 11.7 Å². The van der Waals surface area contributed by atoms with E-state index in [0.717, 1.165) is 6.42 Å². The number of hydrogen-bond acceptors (Lipinski definition) is 2. The van der Waals surface area contributed by atoms with Crippen molar-refractivity contribution in [3.63, 3.8) is 0 Å². The van der Waals surface area contributed by atoms with Crippen LogP contribution in [0.2, 0.25) is 5.02 Å². The van der Waals surface area contributed by atoms with E-state index in [1.165, 1.54) is 17.7 Å². The van der Waals surface area contributed by atoms with Gasteiger partial charge in [-0.05, 0) is 29.7 Å². The molecule has 1 heterocycles. The first-order chi connectivity index (χ1) is 12.5. The number of benzene rings is 2. The van der Waals surface area contributed by atoms with Gasteiger partial charge in [0.25, 0.3) is 0 Å². The quantitative estimate of drug-likeness (QED) is 0.844. The molecule has 1 unspecified atom stereocenters. The van der Waals surface area contributed by atoms with E-state index < -0.39 is 5.82 Å². The summed E-state index contributed by atoms with van der Waals surface area (Å²) < 4.78 is 13.1. The molecule has 6 heteroatoms. The van der Waals surface area contributed by atoms with Crippen molar-refractivity contribution in [1.82, 2.24) is 10.2 Å². The van der Waals surface area contributed by atoms with Crippen molar-refractivity contribution in [1.29, 1.82) is 0 Å². The highest BCUT2D eigenvalue weighted by atomic mass is 35.5. The normalized spacial score (nSPS) is 16.8. The van der Waals surface area contributed by atoms with Crippen molar-refractivity contribution >= 4 is 23.4 Å².